The van der Waals surface area contributed by atoms with E-state index < -0.39 is 41.6 Å². The first kappa shape index (κ1) is 58.4. The fourth-order valence-electron chi connectivity index (χ4n) is 9.88. The topological polar surface area (TPSA) is 51.6 Å². The Labute approximate surface area is 473 Å². The maximum Gasteiger partial charge on any atom is 0.176 e. The van der Waals surface area contributed by atoms with E-state index in [4.69, 9.17) is 0 Å². The molecule has 0 saturated heterocycles. The monoisotopic (exact) mass is 1410 g/mol. The largest absolute Gasteiger partial charge is 0.203 e. The maximum atomic E-state index is 14.9. The van der Waals surface area contributed by atoms with Crippen molar-refractivity contribution in [2.24, 2.45) is 0 Å². The number of aromatic nitrogens is 4. The van der Waals surface area contributed by atoms with Crippen molar-refractivity contribution in [3.8, 4) is 29.9 Å². The number of aryl methyl sites for hydroxylation is 3. The van der Waals surface area contributed by atoms with Gasteiger partial charge in [-0.05, 0) is 80.8 Å². The molecule has 2 aromatic carbocycles. The molecule has 0 spiro atoms. The van der Waals surface area contributed by atoms with Gasteiger partial charge in [-0.2, -0.15) is 17.5 Å². The summed E-state index contributed by atoms with van der Waals surface area (Å²) in [5, 5.41) is 0. The van der Waals surface area contributed by atoms with Gasteiger partial charge in [-0.3, -0.25) is 0 Å². The van der Waals surface area contributed by atoms with E-state index in [1.165, 1.54) is 86.9 Å². The van der Waals surface area contributed by atoms with Gasteiger partial charge in [0, 0.05) is 25.1 Å². The summed E-state index contributed by atoms with van der Waals surface area (Å²) in [7, 11) is 0. The van der Waals surface area contributed by atoms with Crippen LogP contribution in [0.1, 0.15) is 132 Å². The van der Waals surface area contributed by atoms with Crippen molar-refractivity contribution in [3.63, 3.8) is 0 Å². The van der Waals surface area contributed by atoms with Crippen LogP contribution >= 0.6 is 125 Å². The van der Waals surface area contributed by atoms with Crippen LogP contribution in [0.15, 0.2) is 33.2 Å². The normalized spacial score (nSPS) is 14.1. The fourth-order valence-corrected chi connectivity index (χ4v) is 36.5. The van der Waals surface area contributed by atoms with E-state index in [0.717, 1.165) is 34.8 Å². The van der Waals surface area contributed by atoms with Gasteiger partial charge in [-0.25, -0.2) is 17.6 Å². The summed E-state index contributed by atoms with van der Waals surface area (Å²) in [6, 6.07) is 9.50. The molecule has 0 N–H and O–H groups in total. The average molecular weight is 1420 g/mol. The van der Waals surface area contributed by atoms with E-state index in [9.17, 15) is 17.6 Å². The zero-order valence-corrected chi connectivity index (χ0v) is 53.8. The van der Waals surface area contributed by atoms with E-state index in [1.54, 1.807) is 52.5 Å². The summed E-state index contributed by atoms with van der Waals surface area (Å²) in [4.78, 5) is 9.19. The van der Waals surface area contributed by atoms with Gasteiger partial charge in [0.15, 0.2) is 23.3 Å². The second-order valence-corrected chi connectivity index (χ2v) is 41.1. The summed E-state index contributed by atoms with van der Waals surface area (Å²) in [5.74, 6) is -3.56. The van der Waals surface area contributed by atoms with Gasteiger partial charge in [0.2, 0.25) is 0 Å². The number of halogens is 7. The van der Waals surface area contributed by atoms with E-state index >= 15 is 0 Å². The minimum absolute atomic E-state index is 0. The number of thiophene rings is 4. The predicted molar refractivity (Wildman–Crippen MR) is 319 cm³/mol. The predicted octanol–water partition coefficient (Wildman–Crippen LogP) is 20.3. The molecule has 4 nitrogen and oxygen atoms in total. The molecule has 70 heavy (non-hydrogen) atoms. The number of benzene rings is 2. The van der Waals surface area contributed by atoms with Gasteiger partial charge in [0.1, 0.15) is 22.1 Å². The van der Waals surface area contributed by atoms with Crippen LogP contribution in [0.25, 0.3) is 52.0 Å². The Bertz CT molecular complexity index is 3080. The Balaban J connectivity index is 0.000000180. The minimum Gasteiger partial charge on any atom is -0.203 e. The van der Waals surface area contributed by atoms with Crippen molar-refractivity contribution >= 4 is 168 Å². The molecule has 0 atom stereocenters. The van der Waals surface area contributed by atoms with Crippen molar-refractivity contribution in [3.05, 3.63) is 94.1 Å². The Hall–Kier alpha value is -0.911. The SMILES string of the molecule is C.CCC[CH2][Sn]([CH2]CCC)([CH2]CCC)[c]1cc2c(s1)-c1sc(C)cc1C(C)(C)C2.Cc1cc2c(s1)-c1sc(-c3c(F)c(F)c(C)c4nsnc34)cc1CC2(C)C.Fc1c(F)c(Br)c2nsnc2c1Br.I. The molecule has 10 rings (SSSR count). The molecule has 0 fully saturated rings. The Morgan fingerprint density at radius 2 is 0.986 bits per heavy atom. The van der Waals surface area contributed by atoms with Crippen molar-refractivity contribution < 1.29 is 17.6 Å². The summed E-state index contributed by atoms with van der Waals surface area (Å²) < 4.78 is 78.4. The third kappa shape index (κ3) is 11.2. The molecular formula is C52H61Br2F4IN4S6Sn. The van der Waals surface area contributed by atoms with Crippen LogP contribution < -0.4 is 2.89 Å². The van der Waals surface area contributed by atoms with Gasteiger partial charge < -0.3 is 0 Å². The van der Waals surface area contributed by atoms with Gasteiger partial charge in [0.05, 0.1) is 38.0 Å². The fraction of sp³-hybridized carbons (Fsp3) is 0.462. The molecular weight excluding hydrogens is 1350 g/mol. The van der Waals surface area contributed by atoms with Gasteiger partial charge >= 0.3 is 187 Å². The summed E-state index contributed by atoms with van der Waals surface area (Å²) >= 11 is 13.0. The Kier molecular flexibility index (Phi) is 19.6. The maximum absolute atomic E-state index is 14.9. The van der Waals surface area contributed by atoms with Crippen LogP contribution in [0, 0.1) is 44.0 Å². The number of hydrogen-bond acceptors (Lipinski definition) is 10. The van der Waals surface area contributed by atoms with Gasteiger partial charge in [0.25, 0.3) is 0 Å². The molecule has 0 bridgehead atoms. The Morgan fingerprint density at radius 1 is 0.557 bits per heavy atom. The molecule has 6 heterocycles. The molecule has 18 heteroatoms. The van der Waals surface area contributed by atoms with Crippen molar-refractivity contribution in [2.75, 3.05) is 0 Å². The molecule has 0 saturated carbocycles. The number of rotatable bonds is 11. The standard InChI is InChI=1S/C20H16F2N2S3.C13H13S2.C6Br2F2N2S.3C4H9.CH4.HI.Sn/c1-8-5-11-19(25-8)18-10(7-20(11,3)4)6-12(26-18)13-15(22)14(21)9(2)16-17(13)24-27-23-16;1-8-6-10-12(15-8)11-9(4-5-14-11)7-13(10,2)3;7-1-3(9)4(10)2(8)6-5(1)11-13-12-6;3*1-3-4-2;;;/h5-6H,7H2,1-4H3;4,6H,7H2,1-3H3;;3*1,3-4H2,2H3;1H4;1H;. The van der Waals surface area contributed by atoms with Crippen LogP contribution in [0.5, 0.6) is 0 Å². The average Bonchev–Trinajstić information content (AvgIpc) is 4.17. The smallest absolute Gasteiger partial charge is 0.176 e. The second-order valence-electron chi connectivity index (χ2n) is 19.6. The van der Waals surface area contributed by atoms with Crippen LogP contribution in [0.4, 0.5) is 17.6 Å². The zero-order chi connectivity index (χ0) is 49.0. The number of unbranched alkanes of at least 4 members (excludes halogenated alkanes) is 3. The molecule has 0 radical (unpaired) electrons. The van der Waals surface area contributed by atoms with Crippen molar-refractivity contribution in [1.82, 2.24) is 17.5 Å². The molecule has 8 aromatic rings. The third-order valence-corrected chi connectivity index (χ3v) is 39.1. The van der Waals surface area contributed by atoms with Crippen LogP contribution in [-0.4, -0.2) is 35.9 Å². The molecule has 0 amide bonds. The second kappa shape index (κ2) is 23.5. The summed E-state index contributed by atoms with van der Waals surface area (Å²) in [5.41, 5.74) is 8.20. The van der Waals surface area contributed by atoms with Crippen LogP contribution in [0.3, 0.4) is 0 Å². The first-order chi connectivity index (χ1) is 32.3. The third-order valence-electron chi connectivity index (χ3n) is 13.6. The van der Waals surface area contributed by atoms with E-state index in [2.05, 4.69) is 141 Å². The zero-order valence-electron chi connectivity index (χ0n) is 40.5. The van der Waals surface area contributed by atoms with E-state index in [-0.39, 0.29) is 56.9 Å². The van der Waals surface area contributed by atoms with E-state index in [1.807, 2.05) is 20.3 Å². The first-order valence-electron chi connectivity index (χ1n) is 23.3. The number of nitrogens with zero attached hydrogens (tertiary/aromatic N) is 4. The van der Waals surface area contributed by atoms with Gasteiger partial charge in [-0.15, -0.1) is 46.7 Å². The summed E-state index contributed by atoms with van der Waals surface area (Å²) in [6.45, 7) is 22.5. The minimum atomic E-state index is -2.31. The van der Waals surface area contributed by atoms with Crippen LogP contribution in [0.2, 0.25) is 13.3 Å². The van der Waals surface area contributed by atoms with Gasteiger partial charge in [-0.1, -0.05) is 21.3 Å². The Morgan fingerprint density at radius 3 is 1.46 bits per heavy atom. The van der Waals surface area contributed by atoms with Crippen molar-refractivity contribution in [2.45, 2.75) is 152 Å². The molecule has 2 aliphatic carbocycles. The van der Waals surface area contributed by atoms with E-state index in [0.29, 0.717) is 27.5 Å². The molecule has 0 aliphatic heterocycles. The number of fused-ring (bicyclic) bond motifs is 8. The molecule has 378 valence electrons. The molecule has 6 aromatic heterocycles. The van der Waals surface area contributed by atoms with Crippen molar-refractivity contribution in [1.29, 1.82) is 0 Å². The first-order valence-corrected chi connectivity index (χ1v) is 37.1. The molecule has 2 aliphatic rings. The molecule has 0 unspecified atom stereocenters. The summed E-state index contributed by atoms with van der Waals surface area (Å²) in [6.07, 6.45) is 10.6. The quantitative estimate of drug-likeness (QED) is 0.0426. The van der Waals surface area contributed by atoms with Crippen LogP contribution in [-0.2, 0) is 23.7 Å². The number of hydrogen-bond donors (Lipinski definition) is 0.